The zero-order chi connectivity index (χ0) is 23.4. The van der Waals surface area contributed by atoms with Crippen LogP contribution in [-0.2, 0) is 0 Å². The molecule has 3 aromatic rings. The molecule has 0 bridgehead atoms. The van der Waals surface area contributed by atoms with Crippen molar-refractivity contribution >= 4 is 23.2 Å². The number of amides is 2. The molecule has 4 heteroatoms. The Kier molecular flexibility index (Phi) is 7.14. The second-order valence-electron chi connectivity index (χ2n) is 8.88. The molecule has 0 aromatic heterocycles. The average molecular weight is 429 g/mol. The van der Waals surface area contributed by atoms with Gasteiger partial charge in [0, 0.05) is 22.5 Å². The average Bonchev–Trinajstić information content (AvgIpc) is 2.76. The first-order chi connectivity index (χ1) is 15.2. The summed E-state index contributed by atoms with van der Waals surface area (Å²) in [7, 11) is 0. The van der Waals surface area contributed by atoms with Crippen LogP contribution in [0, 0.1) is 13.8 Å². The van der Waals surface area contributed by atoms with Gasteiger partial charge in [0.1, 0.15) is 0 Å². The van der Waals surface area contributed by atoms with E-state index in [0.717, 1.165) is 33.6 Å². The van der Waals surface area contributed by atoms with E-state index in [0.29, 0.717) is 11.1 Å². The number of carbonyl (C=O) groups is 2. The normalized spacial score (nSPS) is 11.0. The largest absolute Gasteiger partial charge is 0.321 e. The summed E-state index contributed by atoms with van der Waals surface area (Å²) in [4.78, 5) is 26.1. The van der Waals surface area contributed by atoms with Crippen LogP contribution < -0.4 is 10.6 Å². The molecular formula is C28H32N2O2. The van der Waals surface area contributed by atoms with Crippen LogP contribution in [0.5, 0.6) is 0 Å². The lowest BCUT2D eigenvalue weighted by molar-refractivity contribution is 0.102. The van der Waals surface area contributed by atoms with Gasteiger partial charge < -0.3 is 10.6 Å². The fourth-order valence-electron chi connectivity index (χ4n) is 3.86. The summed E-state index contributed by atoms with van der Waals surface area (Å²) in [6.07, 6.45) is 0. The van der Waals surface area contributed by atoms with Gasteiger partial charge in [-0.05, 0) is 66.1 Å². The molecule has 0 unspecified atom stereocenters. The summed E-state index contributed by atoms with van der Waals surface area (Å²) >= 11 is 0. The maximum Gasteiger partial charge on any atom is 0.255 e. The van der Waals surface area contributed by atoms with E-state index < -0.39 is 0 Å². The predicted molar refractivity (Wildman–Crippen MR) is 133 cm³/mol. The molecule has 3 rings (SSSR count). The van der Waals surface area contributed by atoms with E-state index in [1.165, 1.54) is 0 Å². The lowest BCUT2D eigenvalue weighted by Gasteiger charge is -2.17. The Balaban J connectivity index is 1.85. The van der Waals surface area contributed by atoms with E-state index in [2.05, 4.69) is 38.3 Å². The lowest BCUT2D eigenvalue weighted by atomic mass is 9.97. The highest BCUT2D eigenvalue weighted by Crippen LogP contribution is 2.29. The van der Waals surface area contributed by atoms with Crippen LogP contribution in [0.2, 0.25) is 0 Å². The molecule has 0 heterocycles. The van der Waals surface area contributed by atoms with Crippen LogP contribution in [0.15, 0.2) is 60.7 Å². The molecule has 0 saturated carbocycles. The van der Waals surface area contributed by atoms with Gasteiger partial charge in [-0.25, -0.2) is 0 Å². The molecule has 166 valence electrons. The van der Waals surface area contributed by atoms with Crippen molar-refractivity contribution in [1.29, 1.82) is 0 Å². The second-order valence-corrected chi connectivity index (χ2v) is 8.88. The zero-order valence-electron chi connectivity index (χ0n) is 19.7. The Hall–Kier alpha value is -3.40. The van der Waals surface area contributed by atoms with Gasteiger partial charge in [-0.1, -0.05) is 70.2 Å². The van der Waals surface area contributed by atoms with Gasteiger partial charge in [0.25, 0.3) is 11.8 Å². The molecule has 2 N–H and O–H groups in total. The van der Waals surface area contributed by atoms with Gasteiger partial charge in [-0.2, -0.15) is 0 Å². The Labute approximate surface area is 191 Å². The van der Waals surface area contributed by atoms with Gasteiger partial charge in [0.05, 0.1) is 0 Å². The number of rotatable bonds is 6. The van der Waals surface area contributed by atoms with E-state index in [1.807, 2.05) is 50.2 Å². The molecule has 0 aliphatic carbocycles. The molecule has 4 nitrogen and oxygen atoms in total. The number of carbonyl (C=O) groups excluding carboxylic acids is 2. The quantitative estimate of drug-likeness (QED) is 0.442. The fourth-order valence-corrected chi connectivity index (χ4v) is 3.86. The van der Waals surface area contributed by atoms with Crippen molar-refractivity contribution in [2.24, 2.45) is 0 Å². The first kappa shape index (κ1) is 23.3. The number of anilines is 2. The molecule has 0 saturated heterocycles. The van der Waals surface area contributed by atoms with Crippen molar-refractivity contribution in [3.05, 3.63) is 94.0 Å². The van der Waals surface area contributed by atoms with Gasteiger partial charge in [0.2, 0.25) is 0 Å². The van der Waals surface area contributed by atoms with Crippen molar-refractivity contribution < 1.29 is 9.59 Å². The van der Waals surface area contributed by atoms with Gasteiger partial charge in [-0.15, -0.1) is 0 Å². The van der Waals surface area contributed by atoms with E-state index in [9.17, 15) is 9.59 Å². The number of aryl methyl sites for hydroxylation is 2. The molecule has 0 fully saturated rings. The molecule has 32 heavy (non-hydrogen) atoms. The third-order valence-electron chi connectivity index (χ3n) is 5.72. The Morgan fingerprint density at radius 3 is 1.38 bits per heavy atom. The maximum atomic E-state index is 13.0. The molecule has 2 amide bonds. The smallest absolute Gasteiger partial charge is 0.255 e. The van der Waals surface area contributed by atoms with E-state index in [1.54, 1.807) is 24.3 Å². The number of hydrogen-bond acceptors (Lipinski definition) is 2. The van der Waals surface area contributed by atoms with Gasteiger partial charge >= 0.3 is 0 Å². The summed E-state index contributed by atoms with van der Waals surface area (Å²) in [5, 5.41) is 6.11. The molecule has 0 aliphatic rings. The number of nitrogens with one attached hydrogen (secondary N) is 2. The van der Waals surface area contributed by atoms with Gasteiger partial charge in [-0.3, -0.25) is 9.59 Å². The van der Waals surface area contributed by atoms with Crippen LogP contribution in [0.25, 0.3) is 0 Å². The highest BCUT2D eigenvalue weighted by Gasteiger charge is 2.17. The van der Waals surface area contributed by atoms with E-state index in [-0.39, 0.29) is 23.7 Å². The van der Waals surface area contributed by atoms with Crippen LogP contribution in [-0.4, -0.2) is 11.8 Å². The third-order valence-corrected chi connectivity index (χ3v) is 5.72. The number of benzene rings is 3. The van der Waals surface area contributed by atoms with E-state index in [4.69, 9.17) is 0 Å². The third kappa shape index (κ3) is 5.08. The standard InChI is InChI=1S/C28H32N2O2/c1-17(2)23-14-7-10-19(5)25(23)29-27(31)21-12-9-13-22(16-21)28(32)30-26-20(6)11-8-15-24(26)18(3)4/h7-18H,1-6H3,(H,29,31)(H,30,32). The van der Waals surface area contributed by atoms with Crippen molar-refractivity contribution in [2.75, 3.05) is 10.6 Å². The SMILES string of the molecule is Cc1cccc(C(C)C)c1NC(=O)c1cccc(C(=O)Nc2c(C)cccc2C(C)C)c1. The minimum Gasteiger partial charge on any atom is -0.321 e. The minimum absolute atomic E-state index is 0.227. The highest BCUT2D eigenvalue weighted by molar-refractivity contribution is 6.09. The van der Waals surface area contributed by atoms with Crippen molar-refractivity contribution in [1.82, 2.24) is 0 Å². The molecule has 0 spiro atoms. The Morgan fingerprint density at radius 1 is 0.625 bits per heavy atom. The van der Waals surface area contributed by atoms with Crippen LogP contribution in [0.3, 0.4) is 0 Å². The summed E-state index contributed by atoms with van der Waals surface area (Å²) in [5.41, 5.74) is 6.78. The predicted octanol–water partition coefficient (Wildman–Crippen LogP) is 7.05. The number of para-hydroxylation sites is 2. The van der Waals surface area contributed by atoms with Crippen LogP contribution in [0.1, 0.15) is 82.5 Å². The Bertz CT molecular complexity index is 1060. The highest BCUT2D eigenvalue weighted by atomic mass is 16.2. The fraction of sp³-hybridized carbons (Fsp3) is 0.286. The maximum absolute atomic E-state index is 13.0. The topological polar surface area (TPSA) is 58.2 Å². The van der Waals surface area contributed by atoms with Crippen molar-refractivity contribution in [2.45, 2.75) is 53.4 Å². The monoisotopic (exact) mass is 428 g/mol. The Morgan fingerprint density at radius 2 is 1.00 bits per heavy atom. The second kappa shape index (κ2) is 9.82. The first-order valence-electron chi connectivity index (χ1n) is 11.1. The zero-order valence-corrected chi connectivity index (χ0v) is 19.7. The molecule has 0 radical (unpaired) electrons. The van der Waals surface area contributed by atoms with Crippen molar-refractivity contribution in [3.8, 4) is 0 Å². The molecule has 0 aliphatic heterocycles. The summed E-state index contributed by atoms with van der Waals surface area (Å²) in [5.74, 6) is 0.113. The molecule has 0 atom stereocenters. The summed E-state index contributed by atoms with van der Waals surface area (Å²) in [6.45, 7) is 12.4. The summed E-state index contributed by atoms with van der Waals surface area (Å²) in [6, 6.07) is 18.9. The number of hydrogen-bond donors (Lipinski definition) is 2. The molecule has 3 aromatic carbocycles. The van der Waals surface area contributed by atoms with E-state index >= 15 is 0 Å². The summed E-state index contributed by atoms with van der Waals surface area (Å²) < 4.78 is 0. The van der Waals surface area contributed by atoms with Crippen LogP contribution in [0.4, 0.5) is 11.4 Å². The molecular weight excluding hydrogens is 396 g/mol. The van der Waals surface area contributed by atoms with Crippen molar-refractivity contribution in [3.63, 3.8) is 0 Å². The van der Waals surface area contributed by atoms with Crippen LogP contribution >= 0.6 is 0 Å². The minimum atomic E-state index is -0.227. The van der Waals surface area contributed by atoms with Gasteiger partial charge in [0.15, 0.2) is 0 Å². The lowest BCUT2D eigenvalue weighted by Crippen LogP contribution is -2.18. The first-order valence-corrected chi connectivity index (χ1v) is 11.1.